The molecule has 4 rings (SSSR count). The van der Waals surface area contributed by atoms with Gasteiger partial charge >= 0.3 is 6.18 Å². The third-order valence-electron chi connectivity index (χ3n) is 4.96. The third-order valence-corrected chi connectivity index (χ3v) is 5.97. The van der Waals surface area contributed by atoms with Crippen LogP contribution in [0.4, 0.5) is 22.7 Å². The second-order valence-corrected chi connectivity index (χ2v) is 8.32. The van der Waals surface area contributed by atoms with Crippen molar-refractivity contribution < 1.29 is 17.6 Å². The van der Waals surface area contributed by atoms with Crippen LogP contribution in [0.5, 0.6) is 0 Å². The number of aromatic nitrogens is 3. The molecule has 0 fully saturated rings. The topological polar surface area (TPSA) is 53.6 Å². The zero-order valence-electron chi connectivity index (χ0n) is 16.5. The number of benzene rings is 1. The van der Waals surface area contributed by atoms with Gasteiger partial charge in [-0.05, 0) is 48.6 Å². The van der Waals surface area contributed by atoms with Gasteiger partial charge in [0.15, 0.2) is 5.13 Å². The number of anilines is 1. The molecule has 3 aromatic rings. The zero-order chi connectivity index (χ0) is 21.8. The largest absolute Gasteiger partial charge is 0.413 e. The Morgan fingerprint density at radius 1 is 1.13 bits per heavy atom. The highest BCUT2D eigenvalue weighted by atomic mass is 32.1. The summed E-state index contributed by atoms with van der Waals surface area (Å²) in [5.41, 5.74) is 1.77. The van der Waals surface area contributed by atoms with Crippen LogP contribution in [0.3, 0.4) is 0 Å². The lowest BCUT2D eigenvalue weighted by molar-refractivity contribution is -0.0935. The molecule has 0 aliphatic heterocycles. The minimum Gasteiger partial charge on any atom is -0.362 e. The fourth-order valence-electron chi connectivity index (χ4n) is 3.33. The van der Waals surface area contributed by atoms with Crippen LogP contribution in [0.15, 0.2) is 65.8 Å². The maximum absolute atomic E-state index is 13.7. The lowest BCUT2D eigenvalue weighted by Gasteiger charge is -2.08. The number of halogens is 4. The van der Waals surface area contributed by atoms with Crippen molar-refractivity contribution >= 4 is 27.4 Å². The number of hydrogen-bond donors (Lipinski definition) is 2. The molecule has 2 aromatic heterocycles. The number of nitrogens with zero attached hydrogens (tertiary/aromatic N) is 2. The Hall–Kier alpha value is -2.94. The third kappa shape index (κ3) is 5.41. The van der Waals surface area contributed by atoms with E-state index in [0.717, 1.165) is 45.4 Å². The van der Waals surface area contributed by atoms with Gasteiger partial charge in [-0.15, -0.1) is 0 Å². The summed E-state index contributed by atoms with van der Waals surface area (Å²) in [4.78, 5) is 5.44. The molecular weight excluding hydrogens is 428 g/mol. The van der Waals surface area contributed by atoms with E-state index in [2.05, 4.69) is 26.6 Å². The molecule has 0 spiro atoms. The molecule has 0 saturated carbocycles. The van der Waals surface area contributed by atoms with Gasteiger partial charge in [0.25, 0.3) is 0 Å². The lowest BCUT2D eigenvalue weighted by Crippen LogP contribution is -2.11. The summed E-state index contributed by atoms with van der Waals surface area (Å²) < 4.78 is 52.1. The van der Waals surface area contributed by atoms with Crippen LogP contribution < -0.4 is 5.32 Å². The molecule has 2 heterocycles. The number of thiazole rings is 1. The molecule has 1 aliphatic carbocycles. The predicted octanol–water partition coefficient (Wildman–Crippen LogP) is 6.94. The van der Waals surface area contributed by atoms with E-state index in [1.54, 1.807) is 17.5 Å². The number of nitrogens with one attached hydrogen (secondary N) is 2. The van der Waals surface area contributed by atoms with Crippen molar-refractivity contribution in [3.05, 3.63) is 65.8 Å². The molecule has 0 saturated heterocycles. The van der Waals surface area contributed by atoms with E-state index >= 15 is 0 Å². The first-order valence-corrected chi connectivity index (χ1v) is 10.7. The Morgan fingerprint density at radius 2 is 2.00 bits per heavy atom. The summed E-state index contributed by atoms with van der Waals surface area (Å²) in [6, 6.07) is 6.06. The molecule has 1 aliphatic rings. The highest BCUT2D eigenvalue weighted by Gasteiger charge is 2.34. The first-order valence-electron chi connectivity index (χ1n) is 9.85. The number of H-pyrrole nitrogens is 1. The molecule has 0 unspecified atom stereocenters. The molecule has 1 aromatic carbocycles. The average Bonchev–Trinajstić information content (AvgIpc) is 3.34. The second-order valence-electron chi connectivity index (χ2n) is 7.28. The minimum atomic E-state index is -4.50. The molecule has 0 bridgehead atoms. The number of rotatable bonds is 7. The maximum atomic E-state index is 13.7. The van der Waals surface area contributed by atoms with Gasteiger partial charge in [-0.1, -0.05) is 29.6 Å². The lowest BCUT2D eigenvalue weighted by atomic mass is 10.1. The van der Waals surface area contributed by atoms with Gasteiger partial charge in [-0.3, -0.25) is 5.10 Å². The number of unbranched alkanes of at least 4 members (excludes halogenated alkanes) is 1. The predicted molar refractivity (Wildman–Crippen MR) is 116 cm³/mol. The van der Waals surface area contributed by atoms with Crippen LogP contribution in [0.2, 0.25) is 0 Å². The van der Waals surface area contributed by atoms with Crippen molar-refractivity contribution in [3.8, 4) is 10.4 Å². The van der Waals surface area contributed by atoms with E-state index in [0.29, 0.717) is 18.5 Å². The molecule has 0 atom stereocenters. The summed E-state index contributed by atoms with van der Waals surface area (Å²) in [6.07, 6.45) is 4.00. The van der Waals surface area contributed by atoms with Gasteiger partial charge < -0.3 is 5.32 Å². The highest BCUT2D eigenvalue weighted by Crippen LogP contribution is 2.34. The van der Waals surface area contributed by atoms with E-state index in [1.807, 2.05) is 18.3 Å². The van der Waals surface area contributed by atoms with Gasteiger partial charge in [0.2, 0.25) is 0 Å². The summed E-state index contributed by atoms with van der Waals surface area (Å²) in [7, 11) is 0. The number of hydrogen-bond acceptors (Lipinski definition) is 4. The molecular formula is C22H20F4N4S. The average molecular weight is 448 g/mol. The van der Waals surface area contributed by atoms with Crippen LogP contribution in [0.1, 0.15) is 25.7 Å². The van der Waals surface area contributed by atoms with Gasteiger partial charge in [0.1, 0.15) is 5.83 Å². The van der Waals surface area contributed by atoms with Gasteiger partial charge in [-0.2, -0.15) is 18.3 Å². The normalized spacial score (nSPS) is 14.8. The van der Waals surface area contributed by atoms with E-state index in [-0.39, 0.29) is 0 Å². The monoisotopic (exact) mass is 448 g/mol. The van der Waals surface area contributed by atoms with Gasteiger partial charge in [-0.25, -0.2) is 9.37 Å². The van der Waals surface area contributed by atoms with Crippen molar-refractivity contribution in [2.45, 2.75) is 31.9 Å². The molecule has 2 N–H and O–H groups in total. The van der Waals surface area contributed by atoms with Gasteiger partial charge in [0.05, 0.1) is 16.6 Å². The Balaban J connectivity index is 1.26. The van der Waals surface area contributed by atoms with Crippen molar-refractivity contribution in [2.24, 2.45) is 0 Å². The molecule has 31 heavy (non-hydrogen) atoms. The number of fused-ring (bicyclic) bond motifs is 1. The fourth-order valence-corrected chi connectivity index (χ4v) is 4.17. The standard InChI is InChI=1S/C22H20F4N4S/c23-18-9-14(4-6-17(11-18)22(24,25)26)3-1-2-8-27-21-28-13-20(31-21)15-5-7-19-16(10-15)12-29-30-19/h4-7,9-10,12-13H,1-3,8,11H2,(H,27,28)(H,29,30). The van der Waals surface area contributed by atoms with Crippen molar-refractivity contribution in [1.82, 2.24) is 15.2 Å². The Morgan fingerprint density at radius 3 is 2.84 bits per heavy atom. The van der Waals surface area contributed by atoms with Crippen LogP contribution in [-0.2, 0) is 0 Å². The first-order chi connectivity index (χ1) is 14.9. The van der Waals surface area contributed by atoms with Crippen molar-refractivity contribution in [3.63, 3.8) is 0 Å². The molecule has 9 heteroatoms. The smallest absolute Gasteiger partial charge is 0.362 e. The van der Waals surface area contributed by atoms with E-state index in [1.165, 1.54) is 12.2 Å². The second kappa shape index (κ2) is 9.05. The van der Waals surface area contributed by atoms with Crippen LogP contribution >= 0.6 is 11.3 Å². The Kier molecular flexibility index (Phi) is 6.22. The summed E-state index contributed by atoms with van der Waals surface area (Å²) in [6.45, 7) is 0.677. The van der Waals surface area contributed by atoms with Crippen molar-refractivity contribution in [2.75, 3.05) is 11.9 Å². The quantitative estimate of drug-likeness (QED) is 0.304. The van der Waals surface area contributed by atoms with Crippen LogP contribution in [-0.4, -0.2) is 27.9 Å². The van der Waals surface area contributed by atoms with Gasteiger partial charge in [0, 0.05) is 30.1 Å². The SMILES string of the molecule is FC1=CC(CCCCNc2ncc(-c3ccc4[nH]ncc4c3)s2)=CC=C(C(F)(F)F)C1. The van der Waals surface area contributed by atoms with Crippen LogP contribution in [0, 0.1) is 0 Å². The van der Waals surface area contributed by atoms with Crippen molar-refractivity contribution in [1.29, 1.82) is 0 Å². The maximum Gasteiger partial charge on any atom is 0.413 e. The summed E-state index contributed by atoms with van der Waals surface area (Å²) in [5.74, 6) is -0.755. The van der Waals surface area contributed by atoms with Crippen LogP contribution in [0.25, 0.3) is 21.3 Å². The number of aromatic amines is 1. The molecule has 4 nitrogen and oxygen atoms in total. The number of alkyl halides is 3. The first kappa shape index (κ1) is 21.3. The number of allylic oxidation sites excluding steroid dienone is 6. The Labute approximate surface area is 180 Å². The summed E-state index contributed by atoms with van der Waals surface area (Å²) in [5, 5.41) is 12.1. The van der Waals surface area contributed by atoms with E-state index < -0.39 is 24.0 Å². The highest BCUT2D eigenvalue weighted by molar-refractivity contribution is 7.18. The van der Waals surface area contributed by atoms with E-state index in [9.17, 15) is 17.6 Å². The minimum absolute atomic E-state index is 0.518. The van der Waals surface area contributed by atoms with E-state index in [4.69, 9.17) is 0 Å². The molecule has 0 radical (unpaired) electrons. The zero-order valence-corrected chi connectivity index (χ0v) is 17.3. The summed E-state index contributed by atoms with van der Waals surface area (Å²) >= 11 is 1.55. The molecule has 0 amide bonds. The fraction of sp³-hybridized carbons (Fsp3) is 0.273. The molecule has 162 valence electrons. The Bertz CT molecular complexity index is 1150.